The van der Waals surface area contributed by atoms with Crippen molar-refractivity contribution in [3.63, 3.8) is 0 Å². The summed E-state index contributed by atoms with van der Waals surface area (Å²) in [6, 6.07) is -0.0997. The highest BCUT2D eigenvalue weighted by Gasteiger charge is 2.39. The van der Waals surface area contributed by atoms with Crippen LogP contribution in [0.3, 0.4) is 0 Å². The van der Waals surface area contributed by atoms with Gasteiger partial charge in [0.25, 0.3) is 0 Å². The standard InChI is InChI=1S/C29H49N5O3S/c1-20-23(24(27(35)36-8)37-28(4,5)6)26-33-32-25(31-20)21(2)30-22(3)38-19-13-11-9-10-12-14-29(7)15-17-34(26)18-16-29/h9-10,21,24-25,32-33H,11-19H2,1-8H3/b10-9+,30-22-/t21-,24+,25?/m1/s1. The monoisotopic (exact) mass is 547 g/mol. The lowest BCUT2D eigenvalue weighted by atomic mass is 9.76. The highest BCUT2D eigenvalue weighted by atomic mass is 32.2. The smallest absolute Gasteiger partial charge is 0.339 e. The maximum Gasteiger partial charge on any atom is 0.339 e. The van der Waals surface area contributed by atoms with Gasteiger partial charge in [0, 0.05) is 18.8 Å². The molecule has 1 unspecified atom stereocenters. The largest absolute Gasteiger partial charge is 0.467 e. The molecule has 0 aromatic carbocycles. The van der Waals surface area contributed by atoms with Crippen LogP contribution in [0.1, 0.15) is 87.0 Å². The minimum absolute atomic E-state index is 0.0997. The van der Waals surface area contributed by atoms with Gasteiger partial charge in [0.15, 0.2) is 6.10 Å². The number of thioether (sulfide) groups is 1. The van der Waals surface area contributed by atoms with E-state index in [-0.39, 0.29) is 12.2 Å². The van der Waals surface area contributed by atoms with Crippen molar-refractivity contribution in [2.75, 3.05) is 26.0 Å². The van der Waals surface area contributed by atoms with Crippen LogP contribution in [-0.4, -0.2) is 71.5 Å². The van der Waals surface area contributed by atoms with E-state index in [1.165, 1.54) is 13.5 Å². The molecular weight excluding hydrogens is 498 g/mol. The van der Waals surface area contributed by atoms with Crippen molar-refractivity contribution in [1.82, 2.24) is 15.8 Å². The van der Waals surface area contributed by atoms with E-state index < -0.39 is 17.7 Å². The van der Waals surface area contributed by atoms with Crippen molar-refractivity contribution in [3.8, 4) is 0 Å². The molecule has 4 aliphatic rings. The van der Waals surface area contributed by atoms with E-state index in [0.717, 1.165) is 73.1 Å². The first kappa shape index (κ1) is 30.7. The number of nitrogens with one attached hydrogen (secondary N) is 2. The number of carbonyl (C=O) groups excluding carboxylic acids is 1. The number of hydrogen-bond donors (Lipinski definition) is 2. The van der Waals surface area contributed by atoms with E-state index in [1.54, 1.807) is 11.8 Å². The minimum atomic E-state index is -0.904. The number of piperidine rings is 1. The molecule has 1 fully saturated rings. The van der Waals surface area contributed by atoms with E-state index in [4.69, 9.17) is 19.5 Å². The summed E-state index contributed by atoms with van der Waals surface area (Å²) in [6.45, 7) is 16.2. The summed E-state index contributed by atoms with van der Waals surface area (Å²) in [5.74, 6) is 1.47. The summed E-state index contributed by atoms with van der Waals surface area (Å²) in [6.07, 6.45) is 10.2. The van der Waals surface area contributed by atoms with Crippen LogP contribution in [0.15, 0.2) is 33.5 Å². The van der Waals surface area contributed by atoms with Gasteiger partial charge in [-0.25, -0.2) is 10.2 Å². The van der Waals surface area contributed by atoms with Gasteiger partial charge < -0.3 is 19.8 Å². The van der Waals surface area contributed by atoms with Crippen LogP contribution in [0, 0.1) is 5.41 Å². The number of nitrogens with zero attached hydrogens (tertiary/aromatic N) is 3. The van der Waals surface area contributed by atoms with Gasteiger partial charge in [-0.3, -0.25) is 9.98 Å². The predicted molar refractivity (Wildman–Crippen MR) is 158 cm³/mol. The van der Waals surface area contributed by atoms with Crippen molar-refractivity contribution in [2.24, 2.45) is 15.4 Å². The van der Waals surface area contributed by atoms with Crippen LogP contribution in [0.25, 0.3) is 0 Å². The van der Waals surface area contributed by atoms with Crippen molar-refractivity contribution >= 4 is 28.5 Å². The molecule has 9 heteroatoms. The fourth-order valence-corrected chi connectivity index (χ4v) is 6.02. The Balaban J connectivity index is 2.04. The summed E-state index contributed by atoms with van der Waals surface area (Å²) >= 11 is 1.81. The second kappa shape index (κ2) is 13.5. The lowest BCUT2D eigenvalue weighted by Crippen LogP contribution is -2.50. The average molecular weight is 548 g/mol. The number of rotatable bonds is 3. The first-order valence-corrected chi connectivity index (χ1v) is 15.0. The van der Waals surface area contributed by atoms with Crippen LogP contribution in [-0.2, 0) is 14.3 Å². The first-order chi connectivity index (χ1) is 17.9. The third-order valence-electron chi connectivity index (χ3n) is 7.50. The molecule has 0 spiro atoms. The molecular formula is C29H49N5O3S. The van der Waals surface area contributed by atoms with Gasteiger partial charge in [-0.05, 0) is 91.2 Å². The summed E-state index contributed by atoms with van der Waals surface area (Å²) in [4.78, 5) is 25.4. The highest BCUT2D eigenvalue weighted by molar-refractivity contribution is 8.13. The van der Waals surface area contributed by atoms with E-state index >= 15 is 0 Å². The van der Waals surface area contributed by atoms with E-state index in [0.29, 0.717) is 5.41 Å². The molecule has 38 heavy (non-hydrogen) atoms. The number of allylic oxidation sites excluding steroid dienone is 2. The number of aliphatic imine (C=N–C) groups is 2. The molecule has 4 heterocycles. The van der Waals surface area contributed by atoms with Crippen LogP contribution in [0.2, 0.25) is 0 Å². The predicted octanol–water partition coefficient (Wildman–Crippen LogP) is 5.22. The van der Waals surface area contributed by atoms with Gasteiger partial charge in [-0.1, -0.05) is 19.1 Å². The summed E-state index contributed by atoms with van der Waals surface area (Å²) in [7, 11) is 1.41. The molecule has 4 aliphatic heterocycles. The Bertz CT molecular complexity index is 944. The second-order valence-electron chi connectivity index (χ2n) is 12.0. The average Bonchev–Trinajstić information content (AvgIpc) is 3.02. The van der Waals surface area contributed by atoms with Gasteiger partial charge in [0.1, 0.15) is 12.0 Å². The van der Waals surface area contributed by atoms with Crippen LogP contribution in [0.4, 0.5) is 0 Å². The molecule has 4 rings (SSSR count). The summed E-state index contributed by atoms with van der Waals surface area (Å²) in [5.41, 5.74) is 8.12. The lowest BCUT2D eigenvalue weighted by Gasteiger charge is -2.42. The number of esters is 1. The number of ether oxygens (including phenoxy) is 2. The topological polar surface area (TPSA) is 87.5 Å². The molecule has 0 aliphatic carbocycles. The first-order valence-electron chi connectivity index (χ1n) is 14.1. The third-order valence-corrected chi connectivity index (χ3v) is 8.52. The molecule has 8 nitrogen and oxygen atoms in total. The van der Waals surface area contributed by atoms with Gasteiger partial charge in [-0.15, -0.1) is 11.8 Å². The molecule has 0 aromatic heterocycles. The lowest BCUT2D eigenvalue weighted by molar-refractivity contribution is -0.159. The molecule has 214 valence electrons. The van der Waals surface area contributed by atoms with E-state index in [1.807, 2.05) is 27.7 Å². The van der Waals surface area contributed by atoms with Crippen LogP contribution >= 0.6 is 11.8 Å². The Hall–Kier alpha value is -1.84. The molecule has 3 atom stereocenters. The van der Waals surface area contributed by atoms with Gasteiger partial charge in [-0.2, -0.15) is 0 Å². The molecule has 0 amide bonds. The summed E-state index contributed by atoms with van der Waals surface area (Å²) in [5, 5.41) is 1.06. The molecule has 1 saturated heterocycles. The fraction of sp³-hybridized carbons (Fsp3) is 0.759. The van der Waals surface area contributed by atoms with Crippen molar-refractivity contribution < 1.29 is 14.3 Å². The van der Waals surface area contributed by atoms with Gasteiger partial charge in [0.05, 0.1) is 29.4 Å². The Morgan fingerprint density at radius 1 is 1.16 bits per heavy atom. The highest BCUT2D eigenvalue weighted by Crippen LogP contribution is 2.37. The Labute approximate surface area is 234 Å². The quantitative estimate of drug-likeness (QED) is 0.370. The van der Waals surface area contributed by atoms with Crippen molar-refractivity contribution in [3.05, 3.63) is 23.5 Å². The summed E-state index contributed by atoms with van der Waals surface area (Å²) < 4.78 is 11.6. The van der Waals surface area contributed by atoms with Crippen molar-refractivity contribution in [1.29, 1.82) is 0 Å². The maximum atomic E-state index is 13.1. The van der Waals surface area contributed by atoms with Crippen LogP contribution < -0.4 is 10.9 Å². The number of hydrazine groups is 1. The van der Waals surface area contributed by atoms with Gasteiger partial charge >= 0.3 is 5.97 Å². The number of carbonyl (C=O) groups is 1. The number of methoxy groups -OCH3 is 1. The van der Waals surface area contributed by atoms with Crippen molar-refractivity contribution in [2.45, 2.75) is 111 Å². The second-order valence-corrected chi connectivity index (χ2v) is 13.3. The van der Waals surface area contributed by atoms with Crippen LogP contribution in [0.5, 0.6) is 0 Å². The molecule has 0 aromatic rings. The Kier molecular flexibility index (Phi) is 10.9. The SMILES string of the molecule is COC(=O)[C@@H](OC(C)(C)C)C1=C2NNC(N=C1C)[C@@H](C)/N=C(/C)SCCC/C=C/CCC1(C)CCN2CC1. The number of fused-ring (bicyclic) bond motifs is 10. The molecule has 0 saturated carbocycles. The minimum Gasteiger partial charge on any atom is -0.467 e. The number of hydrogen-bond acceptors (Lipinski definition) is 9. The zero-order chi connectivity index (χ0) is 27.9. The zero-order valence-electron chi connectivity index (χ0n) is 24.7. The molecule has 0 radical (unpaired) electrons. The Morgan fingerprint density at radius 2 is 1.84 bits per heavy atom. The Morgan fingerprint density at radius 3 is 2.50 bits per heavy atom. The third kappa shape index (κ3) is 8.58. The molecule has 2 N–H and O–H groups in total. The van der Waals surface area contributed by atoms with E-state index in [2.05, 4.69) is 48.7 Å². The normalized spacial score (nSPS) is 31.1. The van der Waals surface area contributed by atoms with Gasteiger partial charge in [0.2, 0.25) is 0 Å². The maximum absolute atomic E-state index is 13.1. The van der Waals surface area contributed by atoms with E-state index in [9.17, 15) is 4.79 Å². The molecule has 4 bridgehead atoms. The zero-order valence-corrected chi connectivity index (χ0v) is 25.5. The fourth-order valence-electron chi connectivity index (χ4n) is 5.17.